The molecule has 1 unspecified atom stereocenters. The number of likely N-dealkylation sites (N-methyl/N-ethyl adjacent to an activating group) is 1. The maximum Gasteiger partial charge on any atom is 0.0427 e. The van der Waals surface area contributed by atoms with Crippen molar-refractivity contribution in [3.8, 4) is 0 Å². The summed E-state index contributed by atoms with van der Waals surface area (Å²) >= 11 is 6.24. The first-order valence-electron chi connectivity index (χ1n) is 8.10. The summed E-state index contributed by atoms with van der Waals surface area (Å²) in [4.78, 5) is 4.97. The fourth-order valence-electron chi connectivity index (χ4n) is 2.99. The first-order valence-corrected chi connectivity index (χ1v) is 8.47. The van der Waals surface area contributed by atoms with Crippen LogP contribution in [0.15, 0.2) is 18.2 Å². The zero-order chi connectivity index (χ0) is 15.2. The number of hydrogen-bond acceptors (Lipinski definition) is 3. The van der Waals surface area contributed by atoms with Gasteiger partial charge in [0.2, 0.25) is 0 Å². The average Bonchev–Trinajstić information content (AvgIpc) is 2.49. The van der Waals surface area contributed by atoms with Crippen molar-refractivity contribution in [1.29, 1.82) is 0 Å². The van der Waals surface area contributed by atoms with Gasteiger partial charge in [-0.3, -0.25) is 4.90 Å². The topological polar surface area (TPSA) is 18.5 Å². The maximum atomic E-state index is 6.24. The van der Waals surface area contributed by atoms with Crippen LogP contribution in [-0.2, 0) is 6.54 Å². The summed E-state index contributed by atoms with van der Waals surface area (Å²) in [5.74, 6) is 0. The molecule has 0 aromatic heterocycles. The molecule has 1 atom stereocenters. The Kier molecular flexibility index (Phi) is 6.34. The molecule has 1 aliphatic rings. The molecule has 1 aliphatic heterocycles. The number of nitrogens with zero attached hydrogens (tertiary/aromatic N) is 2. The van der Waals surface area contributed by atoms with Gasteiger partial charge in [-0.15, -0.1) is 0 Å². The average molecular weight is 310 g/mol. The number of piperazine rings is 1. The maximum absolute atomic E-state index is 6.24. The number of hydrogen-bond donors (Lipinski definition) is 1. The number of benzene rings is 1. The van der Waals surface area contributed by atoms with Gasteiger partial charge in [0.25, 0.3) is 0 Å². The van der Waals surface area contributed by atoms with Crippen LogP contribution in [-0.4, -0.2) is 44.2 Å². The summed E-state index contributed by atoms with van der Waals surface area (Å²) in [7, 11) is 2.23. The van der Waals surface area contributed by atoms with Crippen LogP contribution < -0.4 is 10.2 Å². The van der Waals surface area contributed by atoms with E-state index in [-0.39, 0.29) is 0 Å². The largest absolute Gasteiger partial charge is 0.368 e. The molecule has 3 nitrogen and oxygen atoms in total. The normalized spacial score (nSPS) is 20.0. The van der Waals surface area contributed by atoms with Gasteiger partial charge in [-0.05, 0) is 44.1 Å². The summed E-state index contributed by atoms with van der Waals surface area (Å²) in [5, 5.41) is 4.33. The smallest absolute Gasteiger partial charge is 0.0427 e. The molecule has 118 valence electrons. The number of nitrogens with one attached hydrogen (secondary N) is 1. The highest BCUT2D eigenvalue weighted by atomic mass is 35.5. The molecule has 0 radical (unpaired) electrons. The summed E-state index contributed by atoms with van der Waals surface area (Å²) in [5.41, 5.74) is 2.66. The van der Waals surface area contributed by atoms with E-state index in [0.29, 0.717) is 6.04 Å². The van der Waals surface area contributed by atoms with E-state index in [4.69, 9.17) is 11.6 Å². The third kappa shape index (κ3) is 4.35. The van der Waals surface area contributed by atoms with Crippen molar-refractivity contribution >= 4 is 17.3 Å². The van der Waals surface area contributed by atoms with E-state index < -0.39 is 0 Å². The van der Waals surface area contributed by atoms with E-state index in [1.54, 1.807) is 0 Å². The van der Waals surface area contributed by atoms with E-state index in [0.717, 1.165) is 44.2 Å². The SMILES string of the molecule is CCCNCc1ccc(Cl)cc1N1CCN(C)C(CC)C1. The fraction of sp³-hybridized carbons (Fsp3) is 0.647. The summed E-state index contributed by atoms with van der Waals surface area (Å²) in [6, 6.07) is 6.93. The lowest BCUT2D eigenvalue weighted by molar-refractivity contribution is 0.213. The number of halogens is 1. The van der Waals surface area contributed by atoms with Gasteiger partial charge in [-0.2, -0.15) is 0 Å². The second-order valence-electron chi connectivity index (χ2n) is 5.94. The first kappa shape index (κ1) is 16.6. The molecule has 0 saturated carbocycles. The van der Waals surface area contributed by atoms with Crippen molar-refractivity contribution in [1.82, 2.24) is 10.2 Å². The van der Waals surface area contributed by atoms with E-state index >= 15 is 0 Å². The highest BCUT2D eigenvalue weighted by Crippen LogP contribution is 2.27. The summed E-state index contributed by atoms with van der Waals surface area (Å²) < 4.78 is 0. The second kappa shape index (κ2) is 8.02. The van der Waals surface area contributed by atoms with Gasteiger partial charge in [0, 0.05) is 42.9 Å². The monoisotopic (exact) mass is 309 g/mol. The Morgan fingerprint density at radius 3 is 2.81 bits per heavy atom. The Morgan fingerprint density at radius 1 is 1.29 bits per heavy atom. The molecular weight excluding hydrogens is 282 g/mol. The Morgan fingerprint density at radius 2 is 2.10 bits per heavy atom. The van der Waals surface area contributed by atoms with Gasteiger partial charge in [0.1, 0.15) is 0 Å². The molecule has 1 fully saturated rings. The molecule has 0 amide bonds. The highest BCUT2D eigenvalue weighted by Gasteiger charge is 2.24. The molecule has 1 aromatic carbocycles. The molecule has 1 saturated heterocycles. The number of anilines is 1. The third-order valence-corrected chi connectivity index (χ3v) is 4.61. The Hall–Kier alpha value is -0.770. The molecule has 4 heteroatoms. The molecule has 0 bridgehead atoms. The predicted octanol–water partition coefficient (Wildman–Crippen LogP) is 3.37. The van der Waals surface area contributed by atoms with E-state index in [1.165, 1.54) is 17.7 Å². The molecule has 1 N–H and O–H groups in total. The molecule has 21 heavy (non-hydrogen) atoms. The van der Waals surface area contributed by atoms with Crippen molar-refractivity contribution in [2.75, 3.05) is 38.1 Å². The number of rotatable bonds is 6. The van der Waals surface area contributed by atoms with Crippen molar-refractivity contribution in [3.05, 3.63) is 28.8 Å². The zero-order valence-corrected chi connectivity index (χ0v) is 14.3. The van der Waals surface area contributed by atoms with Crippen LogP contribution in [0.1, 0.15) is 32.3 Å². The molecule has 2 rings (SSSR count). The van der Waals surface area contributed by atoms with Gasteiger partial charge in [-0.1, -0.05) is 31.5 Å². The molecule has 1 aromatic rings. The van der Waals surface area contributed by atoms with Gasteiger partial charge < -0.3 is 10.2 Å². The van der Waals surface area contributed by atoms with Crippen LogP contribution in [0.3, 0.4) is 0 Å². The minimum absolute atomic E-state index is 0.634. The van der Waals surface area contributed by atoms with E-state index in [2.05, 4.69) is 48.1 Å². The van der Waals surface area contributed by atoms with E-state index in [1.807, 2.05) is 6.07 Å². The van der Waals surface area contributed by atoms with Gasteiger partial charge in [0.15, 0.2) is 0 Å². The van der Waals surface area contributed by atoms with Crippen LogP contribution in [0.5, 0.6) is 0 Å². The lowest BCUT2D eigenvalue weighted by Gasteiger charge is -2.41. The Labute approximate surface area is 134 Å². The van der Waals surface area contributed by atoms with Crippen LogP contribution in [0, 0.1) is 0 Å². The lowest BCUT2D eigenvalue weighted by Crippen LogP contribution is -2.51. The second-order valence-corrected chi connectivity index (χ2v) is 6.37. The molecule has 0 spiro atoms. The highest BCUT2D eigenvalue weighted by molar-refractivity contribution is 6.30. The standard InChI is InChI=1S/C17H28ClN3/c1-4-8-19-12-14-6-7-15(18)11-17(14)21-10-9-20(3)16(5-2)13-21/h6-7,11,16,19H,4-5,8-10,12-13H2,1-3H3. The quantitative estimate of drug-likeness (QED) is 0.813. The first-order chi connectivity index (χ1) is 10.2. The molecule has 0 aliphatic carbocycles. The summed E-state index contributed by atoms with van der Waals surface area (Å²) in [6.45, 7) is 9.73. The van der Waals surface area contributed by atoms with Gasteiger partial charge >= 0.3 is 0 Å². The van der Waals surface area contributed by atoms with Gasteiger partial charge in [-0.25, -0.2) is 0 Å². The summed E-state index contributed by atoms with van der Waals surface area (Å²) in [6.07, 6.45) is 2.35. The predicted molar refractivity (Wildman–Crippen MR) is 92.4 cm³/mol. The van der Waals surface area contributed by atoms with Crippen LogP contribution >= 0.6 is 11.6 Å². The van der Waals surface area contributed by atoms with Gasteiger partial charge in [0.05, 0.1) is 0 Å². The minimum Gasteiger partial charge on any atom is -0.368 e. The Balaban J connectivity index is 2.15. The lowest BCUT2D eigenvalue weighted by atomic mass is 10.1. The van der Waals surface area contributed by atoms with Crippen molar-refractivity contribution < 1.29 is 0 Å². The molecule has 1 heterocycles. The third-order valence-electron chi connectivity index (χ3n) is 4.38. The molecular formula is C17H28ClN3. The Bertz CT molecular complexity index is 450. The van der Waals surface area contributed by atoms with Crippen LogP contribution in [0.4, 0.5) is 5.69 Å². The van der Waals surface area contributed by atoms with Crippen molar-refractivity contribution in [2.45, 2.75) is 39.3 Å². The van der Waals surface area contributed by atoms with Crippen LogP contribution in [0.2, 0.25) is 5.02 Å². The van der Waals surface area contributed by atoms with Crippen LogP contribution in [0.25, 0.3) is 0 Å². The fourth-order valence-corrected chi connectivity index (χ4v) is 3.15. The van der Waals surface area contributed by atoms with E-state index in [9.17, 15) is 0 Å². The zero-order valence-electron chi connectivity index (χ0n) is 13.5. The van der Waals surface area contributed by atoms with Crippen molar-refractivity contribution in [2.24, 2.45) is 0 Å². The minimum atomic E-state index is 0.634. The van der Waals surface area contributed by atoms with Crippen molar-refractivity contribution in [3.63, 3.8) is 0 Å².